The Morgan fingerprint density at radius 1 is 1.07 bits per heavy atom. The average Bonchev–Trinajstić information content (AvgIpc) is 3.22. The van der Waals surface area contributed by atoms with Gasteiger partial charge in [0.1, 0.15) is 0 Å². The van der Waals surface area contributed by atoms with Gasteiger partial charge in [-0.15, -0.1) is 11.3 Å². The molecule has 1 saturated heterocycles. The highest BCUT2D eigenvalue weighted by Gasteiger charge is 2.33. The summed E-state index contributed by atoms with van der Waals surface area (Å²) in [4.78, 5) is 18.9. The molecule has 1 aromatic carbocycles. The van der Waals surface area contributed by atoms with Crippen LogP contribution in [0.4, 0.5) is 0 Å². The molecule has 2 aromatic rings. The van der Waals surface area contributed by atoms with Crippen LogP contribution in [0.1, 0.15) is 35.4 Å². The van der Waals surface area contributed by atoms with E-state index in [2.05, 4.69) is 23.3 Å². The third-order valence-corrected chi connectivity index (χ3v) is 9.06. The number of hydrogen-bond donors (Lipinski definition) is 0. The van der Waals surface area contributed by atoms with Gasteiger partial charge in [-0.2, -0.15) is 4.31 Å². The summed E-state index contributed by atoms with van der Waals surface area (Å²) in [7, 11) is -3.48. The van der Waals surface area contributed by atoms with Gasteiger partial charge in [0.05, 0.1) is 17.5 Å². The molecule has 1 atom stereocenters. The lowest BCUT2D eigenvalue weighted by Gasteiger charge is -2.38. The number of carbonyl (C=O) groups excluding carboxylic acids is 1. The highest BCUT2D eigenvalue weighted by molar-refractivity contribution is 7.89. The van der Waals surface area contributed by atoms with E-state index >= 15 is 0 Å². The Kier molecular flexibility index (Phi) is 6.29. The van der Waals surface area contributed by atoms with Gasteiger partial charge in [-0.05, 0) is 48.9 Å². The number of rotatable bonds is 5. The van der Waals surface area contributed by atoms with Crippen molar-refractivity contribution in [2.24, 2.45) is 0 Å². The van der Waals surface area contributed by atoms with Gasteiger partial charge in [-0.3, -0.25) is 9.69 Å². The molecule has 0 aliphatic carbocycles. The first kappa shape index (κ1) is 21.5. The standard InChI is InChI=1S/C22H29N3O3S2/c1-3-20-19-9-15-29-21(19)8-10-25(20)22(26)16-23-11-13-24(14-12-23)30(27,28)18-6-4-17(2)5-7-18/h4-7,9,15,20H,3,8,10-14,16H2,1-2H3. The summed E-state index contributed by atoms with van der Waals surface area (Å²) in [6, 6.07) is 9.30. The van der Waals surface area contributed by atoms with Gasteiger partial charge in [-0.1, -0.05) is 24.6 Å². The molecule has 1 amide bonds. The number of sulfonamides is 1. The van der Waals surface area contributed by atoms with Crippen molar-refractivity contribution in [2.45, 2.75) is 37.6 Å². The lowest BCUT2D eigenvalue weighted by Crippen LogP contribution is -2.52. The topological polar surface area (TPSA) is 60.9 Å². The Balaban J connectivity index is 1.36. The molecule has 1 unspecified atom stereocenters. The number of benzene rings is 1. The van der Waals surface area contributed by atoms with E-state index in [1.54, 1.807) is 23.5 Å². The molecule has 0 spiro atoms. The Morgan fingerprint density at radius 3 is 2.43 bits per heavy atom. The van der Waals surface area contributed by atoms with Gasteiger partial charge in [0.2, 0.25) is 15.9 Å². The predicted octanol–water partition coefficient (Wildman–Crippen LogP) is 2.90. The van der Waals surface area contributed by atoms with Gasteiger partial charge in [0, 0.05) is 37.6 Å². The lowest BCUT2D eigenvalue weighted by atomic mass is 9.97. The summed E-state index contributed by atoms with van der Waals surface area (Å²) in [5.41, 5.74) is 2.34. The quantitative estimate of drug-likeness (QED) is 0.707. The fraction of sp³-hybridized carbons (Fsp3) is 0.500. The molecule has 3 heterocycles. The van der Waals surface area contributed by atoms with E-state index in [0.29, 0.717) is 37.6 Å². The highest BCUT2D eigenvalue weighted by Crippen LogP contribution is 2.35. The maximum absolute atomic E-state index is 13.1. The summed E-state index contributed by atoms with van der Waals surface area (Å²) in [6.45, 7) is 7.17. The van der Waals surface area contributed by atoms with Crippen molar-refractivity contribution in [2.75, 3.05) is 39.3 Å². The molecule has 0 N–H and O–H groups in total. The molecule has 2 aliphatic rings. The van der Waals surface area contributed by atoms with Crippen molar-refractivity contribution in [1.82, 2.24) is 14.1 Å². The minimum absolute atomic E-state index is 0.147. The lowest BCUT2D eigenvalue weighted by molar-refractivity contribution is -0.135. The second-order valence-corrected chi connectivity index (χ2v) is 11.0. The van der Waals surface area contributed by atoms with E-state index in [1.165, 1.54) is 14.7 Å². The van der Waals surface area contributed by atoms with Crippen molar-refractivity contribution >= 4 is 27.3 Å². The van der Waals surface area contributed by atoms with Crippen molar-refractivity contribution in [3.05, 3.63) is 51.7 Å². The van der Waals surface area contributed by atoms with Gasteiger partial charge >= 0.3 is 0 Å². The largest absolute Gasteiger partial charge is 0.334 e. The fourth-order valence-corrected chi connectivity index (χ4v) is 6.75. The minimum atomic E-state index is -3.48. The van der Waals surface area contributed by atoms with E-state index < -0.39 is 10.0 Å². The second-order valence-electron chi connectivity index (χ2n) is 8.05. The van der Waals surface area contributed by atoms with Crippen molar-refractivity contribution in [3.8, 4) is 0 Å². The Labute approximate surface area is 183 Å². The minimum Gasteiger partial charge on any atom is -0.334 e. The Bertz CT molecular complexity index is 993. The van der Waals surface area contributed by atoms with Crippen LogP contribution in [0.15, 0.2) is 40.6 Å². The van der Waals surface area contributed by atoms with Crippen LogP contribution < -0.4 is 0 Å². The van der Waals surface area contributed by atoms with Crippen molar-refractivity contribution in [3.63, 3.8) is 0 Å². The normalized spacial score (nSPS) is 20.9. The maximum atomic E-state index is 13.1. The zero-order chi connectivity index (χ0) is 21.3. The van der Waals surface area contributed by atoms with Crippen LogP contribution in [-0.4, -0.2) is 67.7 Å². The molecule has 1 fully saturated rings. The second kappa shape index (κ2) is 8.78. The summed E-state index contributed by atoms with van der Waals surface area (Å²) in [5, 5.41) is 2.12. The molecule has 4 rings (SSSR count). The van der Waals surface area contributed by atoms with Crippen LogP contribution in [-0.2, 0) is 21.2 Å². The maximum Gasteiger partial charge on any atom is 0.243 e. The van der Waals surface area contributed by atoms with Gasteiger partial charge < -0.3 is 4.90 Å². The first-order valence-electron chi connectivity index (χ1n) is 10.5. The van der Waals surface area contributed by atoms with Crippen LogP contribution in [0.2, 0.25) is 0 Å². The predicted molar refractivity (Wildman–Crippen MR) is 119 cm³/mol. The van der Waals surface area contributed by atoms with E-state index in [1.807, 2.05) is 24.0 Å². The molecule has 6 nitrogen and oxygen atoms in total. The van der Waals surface area contributed by atoms with Crippen LogP contribution in [0.5, 0.6) is 0 Å². The van der Waals surface area contributed by atoms with E-state index in [-0.39, 0.29) is 11.9 Å². The molecule has 30 heavy (non-hydrogen) atoms. The molecule has 1 aromatic heterocycles. The van der Waals surface area contributed by atoms with Gasteiger partial charge in [-0.25, -0.2) is 8.42 Å². The number of piperazine rings is 1. The van der Waals surface area contributed by atoms with Gasteiger partial charge in [0.25, 0.3) is 0 Å². The highest BCUT2D eigenvalue weighted by atomic mass is 32.2. The third kappa shape index (κ3) is 4.19. The zero-order valence-electron chi connectivity index (χ0n) is 17.6. The third-order valence-electron chi connectivity index (χ3n) is 6.15. The van der Waals surface area contributed by atoms with Gasteiger partial charge in [0.15, 0.2) is 0 Å². The Morgan fingerprint density at radius 2 is 1.77 bits per heavy atom. The number of carbonyl (C=O) groups is 1. The molecule has 162 valence electrons. The fourth-order valence-electron chi connectivity index (χ4n) is 4.40. The Hall–Kier alpha value is -1.74. The molecular formula is C22H29N3O3S2. The van der Waals surface area contributed by atoms with Crippen molar-refractivity contribution in [1.29, 1.82) is 0 Å². The number of amides is 1. The zero-order valence-corrected chi connectivity index (χ0v) is 19.2. The molecule has 0 radical (unpaired) electrons. The number of aryl methyl sites for hydroxylation is 1. The summed E-state index contributed by atoms with van der Waals surface area (Å²) in [5.74, 6) is 0.147. The first-order valence-corrected chi connectivity index (χ1v) is 12.9. The van der Waals surface area contributed by atoms with E-state index in [9.17, 15) is 13.2 Å². The van der Waals surface area contributed by atoms with Crippen LogP contribution in [0.3, 0.4) is 0 Å². The summed E-state index contributed by atoms with van der Waals surface area (Å²) >= 11 is 1.78. The molecule has 2 aliphatic heterocycles. The van der Waals surface area contributed by atoms with Crippen LogP contribution in [0.25, 0.3) is 0 Å². The SMILES string of the molecule is CCC1c2ccsc2CCN1C(=O)CN1CCN(S(=O)(=O)c2ccc(C)cc2)CC1. The number of fused-ring (bicyclic) bond motifs is 1. The molecular weight excluding hydrogens is 418 g/mol. The molecule has 0 saturated carbocycles. The number of nitrogens with zero attached hydrogens (tertiary/aromatic N) is 3. The smallest absolute Gasteiger partial charge is 0.243 e. The first-order chi connectivity index (χ1) is 14.4. The molecule has 0 bridgehead atoms. The molecule has 8 heteroatoms. The number of thiophene rings is 1. The average molecular weight is 448 g/mol. The van der Waals surface area contributed by atoms with Crippen LogP contribution in [0, 0.1) is 6.92 Å². The van der Waals surface area contributed by atoms with Crippen molar-refractivity contribution < 1.29 is 13.2 Å². The van der Waals surface area contributed by atoms with E-state index in [0.717, 1.165) is 24.9 Å². The summed E-state index contributed by atoms with van der Waals surface area (Å²) < 4.78 is 27.3. The number of hydrogen-bond acceptors (Lipinski definition) is 5. The monoisotopic (exact) mass is 447 g/mol. The van der Waals surface area contributed by atoms with Crippen LogP contribution >= 0.6 is 11.3 Å². The summed E-state index contributed by atoms with van der Waals surface area (Å²) in [6.07, 6.45) is 1.84. The van der Waals surface area contributed by atoms with E-state index in [4.69, 9.17) is 0 Å².